The summed E-state index contributed by atoms with van der Waals surface area (Å²) in [6, 6.07) is 7.52. The molecule has 0 amide bonds. The van der Waals surface area contributed by atoms with Gasteiger partial charge in [-0.15, -0.1) is 11.3 Å². The molecule has 0 saturated heterocycles. The van der Waals surface area contributed by atoms with E-state index in [4.69, 9.17) is 0 Å². The molecular weight excluding hydrogens is 259 g/mol. The van der Waals surface area contributed by atoms with Crippen LogP contribution in [0.3, 0.4) is 0 Å². The Morgan fingerprint density at radius 3 is 2.74 bits per heavy atom. The van der Waals surface area contributed by atoms with E-state index >= 15 is 0 Å². The van der Waals surface area contributed by atoms with Gasteiger partial charge in [-0.25, -0.2) is 4.39 Å². The van der Waals surface area contributed by atoms with Crippen molar-refractivity contribution in [3.05, 3.63) is 52.2 Å². The third-order valence-corrected chi connectivity index (χ3v) is 4.47. The van der Waals surface area contributed by atoms with Crippen molar-refractivity contribution in [2.45, 2.75) is 32.2 Å². The molecule has 0 aliphatic heterocycles. The van der Waals surface area contributed by atoms with E-state index in [-0.39, 0.29) is 17.3 Å². The molecule has 0 bridgehead atoms. The van der Waals surface area contributed by atoms with E-state index in [0.29, 0.717) is 0 Å². The van der Waals surface area contributed by atoms with Crippen LogP contribution in [-0.4, -0.2) is 11.5 Å². The molecule has 0 saturated carbocycles. The third-order valence-electron chi connectivity index (χ3n) is 3.23. The lowest BCUT2D eigenvalue weighted by Gasteiger charge is -2.26. The van der Waals surface area contributed by atoms with Crippen molar-refractivity contribution in [3.63, 3.8) is 0 Å². The molecule has 0 fully saturated rings. The van der Waals surface area contributed by atoms with Gasteiger partial charge in [0.2, 0.25) is 0 Å². The number of thiophene rings is 1. The summed E-state index contributed by atoms with van der Waals surface area (Å²) >= 11 is 1.77. The van der Waals surface area contributed by atoms with Crippen molar-refractivity contribution in [2.75, 3.05) is 6.54 Å². The zero-order chi connectivity index (χ0) is 13.9. The van der Waals surface area contributed by atoms with E-state index in [0.717, 1.165) is 12.2 Å². The molecule has 0 aliphatic rings. The number of nitrogens with zero attached hydrogens (tertiary/aromatic N) is 1. The van der Waals surface area contributed by atoms with E-state index in [2.05, 4.69) is 41.7 Å². The standard InChI is InChI=1S/C15H19FN2S/c1-11(13-7-6-12(16)9-17-13)18-10-15(2,3)14-5-4-8-19-14/h4-9,11,18H,10H2,1-3H3. The summed E-state index contributed by atoms with van der Waals surface area (Å²) in [5.74, 6) is -0.296. The van der Waals surface area contributed by atoms with Gasteiger partial charge in [-0.1, -0.05) is 19.9 Å². The first-order chi connectivity index (χ1) is 8.99. The number of halogens is 1. The largest absolute Gasteiger partial charge is 0.308 e. The number of rotatable bonds is 5. The average molecular weight is 278 g/mol. The lowest BCUT2D eigenvalue weighted by Crippen LogP contribution is -2.34. The molecule has 0 aliphatic carbocycles. The molecule has 1 unspecified atom stereocenters. The highest BCUT2D eigenvalue weighted by Gasteiger charge is 2.22. The smallest absolute Gasteiger partial charge is 0.141 e. The molecule has 0 radical (unpaired) electrons. The second kappa shape index (κ2) is 5.80. The SMILES string of the molecule is CC(NCC(C)(C)c1cccs1)c1ccc(F)cn1. The van der Waals surface area contributed by atoms with Crippen LogP contribution in [0.2, 0.25) is 0 Å². The molecule has 0 aromatic carbocycles. The van der Waals surface area contributed by atoms with E-state index in [1.54, 1.807) is 17.4 Å². The van der Waals surface area contributed by atoms with E-state index in [1.165, 1.54) is 17.1 Å². The van der Waals surface area contributed by atoms with Gasteiger partial charge in [0.25, 0.3) is 0 Å². The van der Waals surface area contributed by atoms with Crippen LogP contribution in [0, 0.1) is 5.82 Å². The highest BCUT2D eigenvalue weighted by Crippen LogP contribution is 2.27. The maximum absolute atomic E-state index is 12.8. The molecule has 102 valence electrons. The van der Waals surface area contributed by atoms with Gasteiger partial charge in [0.05, 0.1) is 11.9 Å². The zero-order valence-corrected chi connectivity index (χ0v) is 12.3. The first-order valence-electron chi connectivity index (χ1n) is 6.38. The topological polar surface area (TPSA) is 24.9 Å². The molecule has 2 aromatic rings. The maximum atomic E-state index is 12.8. The first kappa shape index (κ1) is 14.2. The van der Waals surface area contributed by atoms with Crippen molar-refractivity contribution in [3.8, 4) is 0 Å². The summed E-state index contributed by atoms with van der Waals surface area (Å²) in [5.41, 5.74) is 0.950. The van der Waals surface area contributed by atoms with Gasteiger partial charge in [0, 0.05) is 22.9 Å². The van der Waals surface area contributed by atoms with Gasteiger partial charge < -0.3 is 5.32 Å². The van der Waals surface area contributed by atoms with E-state index in [9.17, 15) is 4.39 Å². The van der Waals surface area contributed by atoms with E-state index < -0.39 is 0 Å². The zero-order valence-electron chi connectivity index (χ0n) is 11.5. The maximum Gasteiger partial charge on any atom is 0.141 e. The summed E-state index contributed by atoms with van der Waals surface area (Å²) in [6.07, 6.45) is 1.26. The van der Waals surface area contributed by atoms with Crippen molar-refractivity contribution in [2.24, 2.45) is 0 Å². The van der Waals surface area contributed by atoms with Gasteiger partial charge in [0.15, 0.2) is 0 Å². The fourth-order valence-electron chi connectivity index (χ4n) is 1.91. The summed E-state index contributed by atoms with van der Waals surface area (Å²) in [6.45, 7) is 7.34. The fraction of sp³-hybridized carbons (Fsp3) is 0.400. The van der Waals surface area contributed by atoms with Crippen molar-refractivity contribution in [1.29, 1.82) is 0 Å². The predicted octanol–water partition coefficient (Wildman–Crippen LogP) is 3.91. The van der Waals surface area contributed by atoms with Gasteiger partial charge in [-0.3, -0.25) is 4.98 Å². The van der Waals surface area contributed by atoms with Crippen LogP contribution in [-0.2, 0) is 5.41 Å². The minimum atomic E-state index is -0.296. The summed E-state index contributed by atoms with van der Waals surface area (Å²) in [4.78, 5) is 5.47. The minimum absolute atomic E-state index is 0.0858. The van der Waals surface area contributed by atoms with Crippen LogP contribution >= 0.6 is 11.3 Å². The van der Waals surface area contributed by atoms with Gasteiger partial charge in [0.1, 0.15) is 5.82 Å². The molecule has 1 N–H and O–H groups in total. The normalized spacial score (nSPS) is 13.5. The molecule has 2 nitrogen and oxygen atoms in total. The monoisotopic (exact) mass is 278 g/mol. The summed E-state index contributed by atoms with van der Waals surface area (Å²) in [7, 11) is 0. The molecule has 19 heavy (non-hydrogen) atoms. The van der Waals surface area contributed by atoms with Crippen molar-refractivity contribution < 1.29 is 4.39 Å². The van der Waals surface area contributed by atoms with Gasteiger partial charge in [-0.05, 0) is 30.5 Å². The van der Waals surface area contributed by atoms with Crippen LogP contribution in [0.1, 0.15) is 37.4 Å². The van der Waals surface area contributed by atoms with Crippen LogP contribution in [0.5, 0.6) is 0 Å². The number of nitrogens with one attached hydrogen (secondary N) is 1. The molecule has 1 atom stereocenters. The van der Waals surface area contributed by atoms with Crippen LogP contribution < -0.4 is 5.32 Å². The Labute approximate surface area is 117 Å². The van der Waals surface area contributed by atoms with Gasteiger partial charge in [-0.2, -0.15) is 0 Å². The van der Waals surface area contributed by atoms with Crippen LogP contribution in [0.15, 0.2) is 35.8 Å². The Balaban J connectivity index is 1.97. The number of aromatic nitrogens is 1. The lowest BCUT2D eigenvalue weighted by molar-refractivity contribution is 0.437. The number of hydrogen-bond donors (Lipinski definition) is 1. The minimum Gasteiger partial charge on any atom is -0.308 e. The van der Waals surface area contributed by atoms with Gasteiger partial charge >= 0.3 is 0 Å². The Hall–Kier alpha value is -1.26. The van der Waals surface area contributed by atoms with Crippen molar-refractivity contribution in [1.82, 2.24) is 10.3 Å². The number of pyridine rings is 1. The second-order valence-electron chi connectivity index (χ2n) is 5.37. The van der Waals surface area contributed by atoms with Crippen LogP contribution in [0.25, 0.3) is 0 Å². The molecule has 2 heterocycles. The molecule has 2 rings (SSSR count). The Morgan fingerprint density at radius 2 is 2.16 bits per heavy atom. The second-order valence-corrected chi connectivity index (χ2v) is 6.31. The Kier molecular flexibility index (Phi) is 4.32. The lowest BCUT2D eigenvalue weighted by atomic mass is 9.91. The molecular formula is C15H19FN2S. The quantitative estimate of drug-likeness (QED) is 0.897. The van der Waals surface area contributed by atoms with Crippen LogP contribution in [0.4, 0.5) is 4.39 Å². The highest BCUT2D eigenvalue weighted by atomic mass is 32.1. The predicted molar refractivity (Wildman–Crippen MR) is 78.0 cm³/mol. The summed E-state index contributed by atoms with van der Waals surface area (Å²) < 4.78 is 12.8. The van der Waals surface area contributed by atoms with Crippen molar-refractivity contribution >= 4 is 11.3 Å². The molecule has 2 aromatic heterocycles. The molecule has 4 heteroatoms. The van der Waals surface area contributed by atoms with E-state index in [1.807, 2.05) is 6.92 Å². The molecule has 0 spiro atoms. The third kappa shape index (κ3) is 3.61. The average Bonchev–Trinajstić information content (AvgIpc) is 2.91. The number of hydrogen-bond acceptors (Lipinski definition) is 3. The Bertz CT molecular complexity index is 505. The first-order valence-corrected chi connectivity index (χ1v) is 7.26. The Morgan fingerprint density at radius 1 is 1.37 bits per heavy atom. The fourth-order valence-corrected chi connectivity index (χ4v) is 2.76. The highest BCUT2D eigenvalue weighted by molar-refractivity contribution is 7.10. The summed E-state index contributed by atoms with van der Waals surface area (Å²) in [5, 5.41) is 5.57.